The van der Waals surface area contributed by atoms with Crippen LogP contribution < -0.4 is 5.32 Å². The van der Waals surface area contributed by atoms with Crippen LogP contribution in [0.15, 0.2) is 54.2 Å². The van der Waals surface area contributed by atoms with Crippen LogP contribution in [0, 0.1) is 5.82 Å². The first-order valence-corrected chi connectivity index (χ1v) is 8.86. The highest BCUT2D eigenvalue weighted by Crippen LogP contribution is 2.23. The number of nitrogens with one attached hydrogen (secondary N) is 1. The van der Waals surface area contributed by atoms with Crippen molar-refractivity contribution in [3.63, 3.8) is 0 Å². The molecule has 0 saturated heterocycles. The van der Waals surface area contributed by atoms with E-state index in [1.54, 1.807) is 41.2 Å². The molecule has 6 nitrogen and oxygen atoms in total. The number of rotatable bonds is 5. The Bertz CT molecular complexity index is 1060. The monoisotopic (exact) mass is 367 g/mol. The van der Waals surface area contributed by atoms with E-state index < -0.39 is 0 Å². The van der Waals surface area contributed by atoms with Crippen LogP contribution in [-0.4, -0.2) is 32.0 Å². The Balaban J connectivity index is 1.35. The van der Waals surface area contributed by atoms with Crippen LogP contribution >= 0.6 is 11.3 Å². The largest absolute Gasteiger partial charge is 0.350 e. The van der Waals surface area contributed by atoms with Crippen molar-refractivity contribution in [1.29, 1.82) is 0 Å². The third kappa shape index (κ3) is 3.45. The Kier molecular flexibility index (Phi) is 4.40. The molecule has 0 aliphatic carbocycles. The van der Waals surface area contributed by atoms with Gasteiger partial charge in [0.2, 0.25) is 0 Å². The SMILES string of the molecule is O=C(NCCc1csc(-c2ccc(F)cc2)n1)c1ccc2nccn2n1. The van der Waals surface area contributed by atoms with Crippen LogP contribution in [0.3, 0.4) is 0 Å². The fourth-order valence-electron chi connectivity index (χ4n) is 2.48. The van der Waals surface area contributed by atoms with Gasteiger partial charge in [-0.3, -0.25) is 4.79 Å². The van der Waals surface area contributed by atoms with Gasteiger partial charge in [0.05, 0.1) is 5.69 Å². The number of thiazole rings is 1. The molecule has 0 saturated carbocycles. The molecule has 1 aromatic carbocycles. The molecule has 0 aliphatic heterocycles. The quantitative estimate of drug-likeness (QED) is 0.589. The van der Waals surface area contributed by atoms with Crippen LogP contribution in [0.2, 0.25) is 0 Å². The Hall–Kier alpha value is -3.13. The highest BCUT2D eigenvalue weighted by atomic mass is 32.1. The zero-order chi connectivity index (χ0) is 17.9. The third-order valence-electron chi connectivity index (χ3n) is 3.80. The minimum atomic E-state index is -0.268. The topological polar surface area (TPSA) is 72.2 Å². The van der Waals surface area contributed by atoms with E-state index in [9.17, 15) is 9.18 Å². The van der Waals surface area contributed by atoms with Gasteiger partial charge >= 0.3 is 0 Å². The third-order valence-corrected chi connectivity index (χ3v) is 4.74. The molecular formula is C18H14FN5OS. The normalized spacial score (nSPS) is 11.0. The van der Waals surface area contributed by atoms with Crippen LogP contribution in [0.1, 0.15) is 16.2 Å². The zero-order valence-corrected chi connectivity index (χ0v) is 14.4. The fraction of sp³-hybridized carbons (Fsp3) is 0.111. The van der Waals surface area contributed by atoms with Crippen molar-refractivity contribution in [2.45, 2.75) is 6.42 Å². The number of benzene rings is 1. The molecule has 3 heterocycles. The van der Waals surface area contributed by atoms with E-state index in [1.807, 2.05) is 5.38 Å². The van der Waals surface area contributed by atoms with Crippen LogP contribution in [0.25, 0.3) is 16.2 Å². The summed E-state index contributed by atoms with van der Waals surface area (Å²) in [7, 11) is 0. The number of carbonyl (C=O) groups excluding carboxylic acids is 1. The zero-order valence-electron chi connectivity index (χ0n) is 13.6. The van der Waals surface area contributed by atoms with Crippen molar-refractivity contribution in [1.82, 2.24) is 24.9 Å². The molecule has 0 bridgehead atoms. The van der Waals surface area contributed by atoms with Crippen LogP contribution in [0.4, 0.5) is 4.39 Å². The Morgan fingerprint density at radius 1 is 1.19 bits per heavy atom. The van der Waals surface area contributed by atoms with Gasteiger partial charge in [0, 0.05) is 36.3 Å². The number of aromatic nitrogens is 4. The van der Waals surface area contributed by atoms with Crippen molar-refractivity contribution >= 4 is 22.9 Å². The van der Waals surface area contributed by atoms with Crippen molar-refractivity contribution in [2.24, 2.45) is 0 Å². The first kappa shape index (κ1) is 16.3. The van der Waals surface area contributed by atoms with Gasteiger partial charge in [-0.25, -0.2) is 18.9 Å². The van der Waals surface area contributed by atoms with Gasteiger partial charge in [0.1, 0.15) is 16.5 Å². The number of imidazole rings is 1. The van der Waals surface area contributed by atoms with Crippen molar-refractivity contribution in [3.8, 4) is 10.6 Å². The molecule has 0 fully saturated rings. The smallest absolute Gasteiger partial charge is 0.271 e. The molecule has 4 aromatic rings. The van der Waals surface area contributed by atoms with E-state index >= 15 is 0 Å². The molecule has 0 unspecified atom stereocenters. The van der Waals surface area contributed by atoms with Crippen molar-refractivity contribution in [3.05, 3.63) is 71.4 Å². The summed E-state index contributed by atoms with van der Waals surface area (Å²) in [6.07, 6.45) is 3.93. The minimum Gasteiger partial charge on any atom is -0.350 e. The van der Waals surface area contributed by atoms with E-state index in [1.165, 1.54) is 23.5 Å². The van der Waals surface area contributed by atoms with E-state index in [-0.39, 0.29) is 11.7 Å². The molecule has 26 heavy (non-hydrogen) atoms. The van der Waals surface area contributed by atoms with E-state index in [4.69, 9.17) is 0 Å². The molecule has 3 aromatic heterocycles. The van der Waals surface area contributed by atoms with Gasteiger partial charge < -0.3 is 5.32 Å². The molecule has 0 spiro atoms. The van der Waals surface area contributed by atoms with E-state index in [2.05, 4.69) is 20.4 Å². The number of hydrogen-bond donors (Lipinski definition) is 1. The molecule has 0 atom stereocenters. The van der Waals surface area contributed by atoms with Gasteiger partial charge in [0.25, 0.3) is 5.91 Å². The summed E-state index contributed by atoms with van der Waals surface area (Å²) in [5.41, 5.74) is 2.79. The summed E-state index contributed by atoms with van der Waals surface area (Å²) in [6, 6.07) is 9.64. The summed E-state index contributed by atoms with van der Waals surface area (Å²) in [4.78, 5) is 20.8. The second-order valence-electron chi connectivity index (χ2n) is 5.61. The average molecular weight is 367 g/mol. The predicted octanol–water partition coefficient (Wildman–Crippen LogP) is 2.96. The van der Waals surface area contributed by atoms with Gasteiger partial charge in [-0.05, 0) is 36.4 Å². The first-order chi connectivity index (χ1) is 12.7. The second kappa shape index (κ2) is 7.01. The highest BCUT2D eigenvalue weighted by molar-refractivity contribution is 7.13. The van der Waals surface area contributed by atoms with Crippen molar-refractivity contribution < 1.29 is 9.18 Å². The minimum absolute atomic E-state index is 0.241. The van der Waals surface area contributed by atoms with E-state index in [0.717, 1.165) is 16.3 Å². The Morgan fingerprint density at radius 3 is 2.88 bits per heavy atom. The number of nitrogens with zero attached hydrogens (tertiary/aromatic N) is 4. The Labute approximate surface area is 152 Å². The lowest BCUT2D eigenvalue weighted by Gasteiger charge is -2.03. The molecule has 8 heteroatoms. The summed E-state index contributed by atoms with van der Waals surface area (Å²) in [6.45, 7) is 0.453. The maximum absolute atomic E-state index is 13.0. The summed E-state index contributed by atoms with van der Waals surface area (Å²) in [5.74, 6) is -0.509. The van der Waals surface area contributed by atoms with Crippen molar-refractivity contribution in [2.75, 3.05) is 6.54 Å². The molecule has 0 radical (unpaired) electrons. The number of carbonyl (C=O) groups is 1. The van der Waals surface area contributed by atoms with Gasteiger partial charge in [0.15, 0.2) is 5.65 Å². The average Bonchev–Trinajstić information content (AvgIpc) is 3.31. The number of fused-ring (bicyclic) bond motifs is 1. The molecular weight excluding hydrogens is 353 g/mol. The number of amides is 1. The molecule has 130 valence electrons. The summed E-state index contributed by atoms with van der Waals surface area (Å²) in [5, 5.41) is 9.83. The lowest BCUT2D eigenvalue weighted by Crippen LogP contribution is -2.27. The molecule has 4 rings (SSSR count). The van der Waals surface area contributed by atoms with Crippen LogP contribution in [-0.2, 0) is 6.42 Å². The van der Waals surface area contributed by atoms with E-state index in [0.29, 0.717) is 24.3 Å². The lowest BCUT2D eigenvalue weighted by atomic mass is 10.2. The number of hydrogen-bond acceptors (Lipinski definition) is 5. The highest BCUT2D eigenvalue weighted by Gasteiger charge is 2.09. The van der Waals surface area contributed by atoms with Gasteiger partial charge in [-0.2, -0.15) is 5.10 Å². The maximum Gasteiger partial charge on any atom is 0.271 e. The predicted molar refractivity (Wildman–Crippen MR) is 96.5 cm³/mol. The van der Waals surface area contributed by atoms with Crippen LogP contribution in [0.5, 0.6) is 0 Å². The lowest BCUT2D eigenvalue weighted by molar-refractivity contribution is 0.0948. The van der Waals surface area contributed by atoms with Gasteiger partial charge in [-0.15, -0.1) is 11.3 Å². The first-order valence-electron chi connectivity index (χ1n) is 7.98. The summed E-state index contributed by atoms with van der Waals surface area (Å²) < 4.78 is 14.6. The summed E-state index contributed by atoms with van der Waals surface area (Å²) >= 11 is 1.50. The fourth-order valence-corrected chi connectivity index (χ4v) is 3.34. The Morgan fingerprint density at radius 2 is 2.04 bits per heavy atom. The van der Waals surface area contributed by atoms with Gasteiger partial charge in [-0.1, -0.05) is 0 Å². The maximum atomic E-state index is 13.0. The molecule has 1 amide bonds. The molecule has 0 aliphatic rings. The second-order valence-corrected chi connectivity index (χ2v) is 6.46. The standard InChI is InChI=1S/C18H14FN5OS/c19-13-3-1-12(2-4-13)18-22-14(11-26-18)7-8-21-17(25)15-5-6-16-20-9-10-24(16)23-15/h1-6,9-11H,7-8H2,(H,21,25). The molecule has 1 N–H and O–H groups in total. The number of halogens is 1.